The lowest BCUT2D eigenvalue weighted by Crippen LogP contribution is -2.36. The first-order valence-electron chi connectivity index (χ1n) is 5.35. The molecule has 0 bridgehead atoms. The van der Waals surface area contributed by atoms with Crippen molar-refractivity contribution in [3.05, 3.63) is 17.0 Å². The number of aromatic nitrogens is 2. The lowest BCUT2D eigenvalue weighted by atomic mass is 10.3. The third kappa shape index (κ3) is 3.32. The van der Waals surface area contributed by atoms with Gasteiger partial charge in [0, 0.05) is 25.4 Å². The summed E-state index contributed by atoms with van der Waals surface area (Å²) < 4.78 is 5.15. The molecule has 0 radical (unpaired) electrons. The summed E-state index contributed by atoms with van der Waals surface area (Å²) in [6.07, 6.45) is 0. The van der Waals surface area contributed by atoms with Crippen LogP contribution in [0.5, 0.6) is 0 Å². The zero-order valence-electron chi connectivity index (χ0n) is 10.2. The summed E-state index contributed by atoms with van der Waals surface area (Å²) >= 11 is 5.85. The molecule has 0 saturated heterocycles. The third-order valence-corrected chi connectivity index (χ3v) is 2.56. The normalized spacial score (nSPS) is 12.6. The number of nitrogens with zero attached hydrogens (tertiary/aromatic N) is 3. The van der Waals surface area contributed by atoms with Gasteiger partial charge in [-0.15, -0.1) is 0 Å². The predicted octanol–water partition coefficient (Wildman–Crippen LogP) is 2.30. The first-order chi connectivity index (χ1) is 7.58. The Morgan fingerprint density at radius 2 is 2.19 bits per heavy atom. The van der Waals surface area contributed by atoms with E-state index >= 15 is 0 Å². The van der Waals surface area contributed by atoms with Gasteiger partial charge in [0.25, 0.3) is 0 Å². The second-order valence-electron chi connectivity index (χ2n) is 3.73. The van der Waals surface area contributed by atoms with E-state index in [1.165, 1.54) is 0 Å². The van der Waals surface area contributed by atoms with Crippen LogP contribution in [0.1, 0.15) is 19.5 Å². The fourth-order valence-corrected chi connectivity index (χ4v) is 1.91. The van der Waals surface area contributed by atoms with E-state index in [2.05, 4.69) is 28.7 Å². The number of hydrogen-bond donors (Lipinski definition) is 0. The third-order valence-electron chi connectivity index (χ3n) is 2.39. The van der Waals surface area contributed by atoms with E-state index < -0.39 is 0 Å². The van der Waals surface area contributed by atoms with Gasteiger partial charge in [-0.05, 0) is 32.4 Å². The van der Waals surface area contributed by atoms with Gasteiger partial charge in [-0.25, -0.2) is 9.97 Å². The van der Waals surface area contributed by atoms with Crippen molar-refractivity contribution in [2.75, 3.05) is 25.2 Å². The Morgan fingerprint density at radius 3 is 2.69 bits per heavy atom. The number of methoxy groups -OCH3 is 1. The molecule has 0 aromatic carbocycles. The monoisotopic (exact) mass is 243 g/mol. The molecule has 0 amide bonds. The van der Waals surface area contributed by atoms with Gasteiger partial charge in [0.15, 0.2) is 0 Å². The minimum absolute atomic E-state index is 0.264. The topological polar surface area (TPSA) is 38.2 Å². The Kier molecular flexibility index (Phi) is 4.96. The smallest absolute Gasteiger partial charge is 0.224 e. The number of ether oxygens (including phenoxy) is 1. The molecule has 5 heteroatoms. The molecule has 1 aromatic heterocycles. The van der Waals surface area contributed by atoms with Crippen LogP contribution in [0, 0.1) is 6.92 Å². The van der Waals surface area contributed by atoms with Crippen molar-refractivity contribution in [2.45, 2.75) is 26.8 Å². The maximum absolute atomic E-state index is 5.85. The van der Waals surface area contributed by atoms with E-state index in [9.17, 15) is 0 Å². The summed E-state index contributed by atoms with van der Waals surface area (Å²) in [6.45, 7) is 7.60. The summed E-state index contributed by atoms with van der Waals surface area (Å²) in [7, 11) is 1.70. The zero-order chi connectivity index (χ0) is 12.1. The average molecular weight is 244 g/mol. The first-order valence-corrected chi connectivity index (χ1v) is 5.73. The second kappa shape index (κ2) is 6.01. The van der Waals surface area contributed by atoms with Crippen LogP contribution in [-0.2, 0) is 4.74 Å². The van der Waals surface area contributed by atoms with E-state index in [1.807, 2.05) is 13.0 Å². The van der Waals surface area contributed by atoms with E-state index in [1.54, 1.807) is 7.11 Å². The summed E-state index contributed by atoms with van der Waals surface area (Å²) in [5, 5.41) is 0.290. The first kappa shape index (κ1) is 13.2. The molecule has 1 rings (SSSR count). The Bertz CT molecular complexity index is 326. The quantitative estimate of drug-likeness (QED) is 0.744. The van der Waals surface area contributed by atoms with Crippen molar-refractivity contribution in [3.63, 3.8) is 0 Å². The van der Waals surface area contributed by atoms with Gasteiger partial charge < -0.3 is 9.64 Å². The number of aryl methyl sites for hydroxylation is 1. The maximum atomic E-state index is 5.85. The molecule has 0 spiro atoms. The minimum Gasteiger partial charge on any atom is -0.383 e. The molecule has 0 N–H and O–H groups in total. The van der Waals surface area contributed by atoms with Crippen molar-refractivity contribution < 1.29 is 4.74 Å². The van der Waals surface area contributed by atoms with Gasteiger partial charge >= 0.3 is 0 Å². The summed E-state index contributed by atoms with van der Waals surface area (Å²) in [5.74, 6) is 0.851. The molecular formula is C11H18ClN3O. The Morgan fingerprint density at radius 1 is 1.50 bits per heavy atom. The fraction of sp³-hybridized carbons (Fsp3) is 0.636. The number of anilines is 1. The van der Waals surface area contributed by atoms with Gasteiger partial charge in [0.05, 0.1) is 12.6 Å². The minimum atomic E-state index is 0.264. The van der Waals surface area contributed by atoms with Crippen LogP contribution in [0.2, 0.25) is 5.28 Å². The summed E-state index contributed by atoms with van der Waals surface area (Å²) in [6, 6.07) is 2.20. The van der Waals surface area contributed by atoms with Gasteiger partial charge in [0.2, 0.25) is 5.28 Å². The molecule has 1 heterocycles. The molecule has 1 atom stereocenters. The fourth-order valence-electron chi connectivity index (χ4n) is 1.69. The van der Waals surface area contributed by atoms with Crippen LogP contribution in [-0.4, -0.2) is 36.3 Å². The molecule has 0 aliphatic heterocycles. The summed E-state index contributed by atoms with van der Waals surface area (Å²) in [5.41, 5.74) is 0.873. The van der Waals surface area contributed by atoms with Gasteiger partial charge in [0.1, 0.15) is 5.82 Å². The highest BCUT2D eigenvalue weighted by atomic mass is 35.5. The Hall–Kier alpha value is -0.870. The molecule has 90 valence electrons. The van der Waals surface area contributed by atoms with Gasteiger partial charge in [-0.1, -0.05) is 0 Å². The van der Waals surface area contributed by atoms with E-state index in [-0.39, 0.29) is 11.3 Å². The molecule has 1 aromatic rings. The van der Waals surface area contributed by atoms with E-state index in [0.717, 1.165) is 18.1 Å². The lowest BCUT2D eigenvalue weighted by Gasteiger charge is -2.28. The van der Waals surface area contributed by atoms with Crippen molar-refractivity contribution in [1.82, 2.24) is 9.97 Å². The largest absolute Gasteiger partial charge is 0.383 e. The van der Waals surface area contributed by atoms with Crippen LogP contribution >= 0.6 is 11.6 Å². The SMILES string of the molecule is CCN(c1cc(C)nc(Cl)n1)C(C)COC. The molecule has 4 nitrogen and oxygen atoms in total. The summed E-state index contributed by atoms with van der Waals surface area (Å²) in [4.78, 5) is 10.4. The van der Waals surface area contributed by atoms with Crippen molar-refractivity contribution in [3.8, 4) is 0 Å². The molecule has 16 heavy (non-hydrogen) atoms. The lowest BCUT2D eigenvalue weighted by molar-refractivity contribution is 0.181. The number of rotatable bonds is 5. The molecule has 0 saturated carbocycles. The number of halogens is 1. The highest BCUT2D eigenvalue weighted by molar-refractivity contribution is 6.28. The molecular weight excluding hydrogens is 226 g/mol. The highest BCUT2D eigenvalue weighted by Crippen LogP contribution is 2.17. The van der Waals surface area contributed by atoms with Gasteiger partial charge in [-0.3, -0.25) is 0 Å². The number of likely N-dealkylation sites (N-methyl/N-ethyl adjacent to an activating group) is 1. The number of hydrogen-bond acceptors (Lipinski definition) is 4. The van der Waals surface area contributed by atoms with Crippen molar-refractivity contribution in [1.29, 1.82) is 0 Å². The van der Waals surface area contributed by atoms with Crippen LogP contribution in [0.15, 0.2) is 6.07 Å². The second-order valence-corrected chi connectivity index (χ2v) is 4.06. The average Bonchev–Trinajstić information content (AvgIpc) is 2.17. The highest BCUT2D eigenvalue weighted by Gasteiger charge is 2.14. The Labute approximate surface area is 102 Å². The zero-order valence-corrected chi connectivity index (χ0v) is 11.0. The Balaban J connectivity index is 2.94. The van der Waals surface area contributed by atoms with Crippen LogP contribution in [0.3, 0.4) is 0 Å². The van der Waals surface area contributed by atoms with Crippen LogP contribution < -0.4 is 4.90 Å². The predicted molar refractivity (Wildman–Crippen MR) is 66.1 cm³/mol. The standard InChI is InChI=1S/C11H18ClN3O/c1-5-15(9(3)7-16-4)10-6-8(2)13-11(12)14-10/h6,9H,5,7H2,1-4H3. The van der Waals surface area contributed by atoms with Crippen molar-refractivity contribution >= 4 is 17.4 Å². The van der Waals surface area contributed by atoms with E-state index in [4.69, 9.17) is 16.3 Å². The molecule has 1 unspecified atom stereocenters. The molecule has 0 aliphatic rings. The van der Waals surface area contributed by atoms with E-state index in [0.29, 0.717) is 6.61 Å². The molecule has 0 fully saturated rings. The van der Waals surface area contributed by atoms with Gasteiger partial charge in [-0.2, -0.15) is 0 Å². The van der Waals surface area contributed by atoms with Crippen molar-refractivity contribution in [2.24, 2.45) is 0 Å². The van der Waals surface area contributed by atoms with Crippen LogP contribution in [0.25, 0.3) is 0 Å². The molecule has 0 aliphatic carbocycles. The van der Waals surface area contributed by atoms with Crippen LogP contribution in [0.4, 0.5) is 5.82 Å². The maximum Gasteiger partial charge on any atom is 0.224 e.